The summed E-state index contributed by atoms with van der Waals surface area (Å²) < 4.78 is 29.3. The molecule has 1 saturated carbocycles. The molecule has 0 aromatic heterocycles. The lowest BCUT2D eigenvalue weighted by molar-refractivity contribution is -0.131. The topological polar surface area (TPSA) is 110 Å². The molecule has 2 N–H and O–H groups in total. The first-order valence-electron chi connectivity index (χ1n) is 8.25. The van der Waals surface area contributed by atoms with Crippen molar-refractivity contribution in [2.45, 2.75) is 56.1 Å². The molecular weight excluding hydrogens is 346 g/mol. The van der Waals surface area contributed by atoms with Crippen LogP contribution < -0.4 is 5.32 Å². The molecule has 0 heterocycles. The third-order valence-corrected chi connectivity index (χ3v) is 5.26. The molecule has 1 unspecified atom stereocenters. The highest BCUT2D eigenvalue weighted by Crippen LogP contribution is 2.24. The predicted molar refractivity (Wildman–Crippen MR) is 92.6 cm³/mol. The van der Waals surface area contributed by atoms with Gasteiger partial charge in [-0.15, -0.1) is 0 Å². The van der Waals surface area contributed by atoms with E-state index in [0.717, 1.165) is 38.0 Å². The maximum absolute atomic E-state index is 12.4. The van der Waals surface area contributed by atoms with Crippen molar-refractivity contribution in [3.63, 3.8) is 0 Å². The Morgan fingerprint density at radius 1 is 1.28 bits per heavy atom. The summed E-state index contributed by atoms with van der Waals surface area (Å²) in [4.78, 5) is 23.5. The summed E-state index contributed by atoms with van der Waals surface area (Å²) in [7, 11) is -3.61. The van der Waals surface area contributed by atoms with E-state index in [9.17, 15) is 18.0 Å². The fraction of sp³-hybridized carbons (Fsp3) is 0.529. The van der Waals surface area contributed by atoms with E-state index in [0.29, 0.717) is 6.42 Å². The minimum atomic E-state index is -3.61. The van der Waals surface area contributed by atoms with E-state index in [1.807, 2.05) is 6.92 Å². The van der Waals surface area contributed by atoms with Crippen LogP contribution in [0.25, 0.3) is 0 Å². The summed E-state index contributed by atoms with van der Waals surface area (Å²) >= 11 is 0. The summed E-state index contributed by atoms with van der Waals surface area (Å²) in [5, 5.41) is 11.7. The van der Waals surface area contributed by atoms with Crippen LogP contribution >= 0.6 is 0 Å². The van der Waals surface area contributed by atoms with Crippen LogP contribution in [0.3, 0.4) is 0 Å². The van der Waals surface area contributed by atoms with Crippen LogP contribution in [0.4, 0.5) is 5.69 Å². The van der Waals surface area contributed by atoms with Crippen molar-refractivity contribution in [3.05, 3.63) is 23.8 Å². The number of anilines is 1. The van der Waals surface area contributed by atoms with E-state index in [1.54, 1.807) is 0 Å². The Hall–Kier alpha value is -1.93. The lowest BCUT2D eigenvalue weighted by atomic mass is 10.2. The highest BCUT2D eigenvalue weighted by Gasteiger charge is 2.25. The van der Waals surface area contributed by atoms with Crippen molar-refractivity contribution >= 4 is 27.4 Å². The fourth-order valence-corrected chi connectivity index (χ4v) is 3.51. The summed E-state index contributed by atoms with van der Waals surface area (Å²) in [5.41, 5.74) is -0.0817. The van der Waals surface area contributed by atoms with E-state index >= 15 is 0 Å². The highest BCUT2D eigenvalue weighted by molar-refractivity contribution is 7.90. The van der Waals surface area contributed by atoms with E-state index < -0.39 is 27.8 Å². The summed E-state index contributed by atoms with van der Waals surface area (Å²) in [6, 6.07) is 3.55. The Labute approximate surface area is 147 Å². The van der Waals surface area contributed by atoms with Gasteiger partial charge in [0, 0.05) is 11.9 Å². The van der Waals surface area contributed by atoms with Crippen LogP contribution in [-0.2, 0) is 19.4 Å². The van der Waals surface area contributed by atoms with Gasteiger partial charge in [0.15, 0.2) is 9.84 Å². The average Bonchev–Trinajstić information content (AvgIpc) is 3.04. The minimum absolute atomic E-state index is 0.0626. The number of carboxylic acids is 1. The number of carboxylic acid groups (broad SMARTS) is 1. The lowest BCUT2D eigenvalue weighted by Crippen LogP contribution is -2.33. The van der Waals surface area contributed by atoms with Crippen LogP contribution in [0.2, 0.25) is 0 Å². The molecule has 7 nitrogen and oxygen atoms in total. The second-order valence-electron chi connectivity index (χ2n) is 6.25. The van der Waals surface area contributed by atoms with Gasteiger partial charge in [0.25, 0.3) is 5.91 Å². The third kappa shape index (κ3) is 5.27. The van der Waals surface area contributed by atoms with E-state index in [-0.39, 0.29) is 22.3 Å². The van der Waals surface area contributed by atoms with Gasteiger partial charge >= 0.3 is 5.97 Å². The maximum atomic E-state index is 12.4. The van der Waals surface area contributed by atoms with Crippen LogP contribution in [0, 0.1) is 0 Å². The molecule has 2 rings (SSSR count). The molecule has 0 spiro atoms. The van der Waals surface area contributed by atoms with Crippen molar-refractivity contribution in [3.8, 4) is 0 Å². The molecule has 0 bridgehead atoms. The monoisotopic (exact) mass is 369 g/mol. The molecule has 1 aliphatic carbocycles. The number of benzene rings is 1. The van der Waals surface area contributed by atoms with Gasteiger partial charge in [-0.25, -0.2) is 13.2 Å². The molecule has 0 aliphatic heterocycles. The molecule has 0 radical (unpaired) electrons. The number of hydrogen-bond acceptors (Lipinski definition) is 5. The number of ether oxygens (including phenoxy) is 1. The van der Waals surface area contributed by atoms with Crippen LogP contribution in [0.1, 0.15) is 49.4 Å². The van der Waals surface area contributed by atoms with Crippen molar-refractivity contribution in [2.75, 3.05) is 11.6 Å². The van der Waals surface area contributed by atoms with Gasteiger partial charge in [0.2, 0.25) is 0 Å². The number of hydrogen-bond donors (Lipinski definition) is 2. The maximum Gasteiger partial charge on any atom is 0.335 e. The number of amides is 1. The largest absolute Gasteiger partial charge is 0.478 e. The van der Waals surface area contributed by atoms with Crippen molar-refractivity contribution in [1.29, 1.82) is 0 Å². The van der Waals surface area contributed by atoms with Crippen LogP contribution in [-0.4, -0.2) is 43.9 Å². The molecule has 1 aliphatic rings. The van der Waals surface area contributed by atoms with Crippen molar-refractivity contribution in [2.24, 2.45) is 0 Å². The summed E-state index contributed by atoms with van der Waals surface area (Å²) in [6.07, 6.45) is 4.89. The smallest absolute Gasteiger partial charge is 0.335 e. The van der Waals surface area contributed by atoms with Gasteiger partial charge in [-0.2, -0.15) is 0 Å². The fourth-order valence-electron chi connectivity index (χ4n) is 2.83. The summed E-state index contributed by atoms with van der Waals surface area (Å²) in [6.45, 7) is 1.83. The Morgan fingerprint density at radius 2 is 1.92 bits per heavy atom. The number of rotatable bonds is 7. The Kier molecular flexibility index (Phi) is 6.18. The Balaban J connectivity index is 2.20. The predicted octanol–water partition coefficient (Wildman–Crippen LogP) is 2.46. The second kappa shape index (κ2) is 7.97. The minimum Gasteiger partial charge on any atom is -0.478 e. The standard InChI is InChI=1S/C17H23NO6S/c1-3-15(24-13-6-4-5-7-13)16(19)18-12-8-11(17(20)21)9-14(10-12)25(2,22)23/h8-10,13,15H,3-7H2,1-2H3,(H,18,19)(H,20,21). The molecule has 0 saturated heterocycles. The molecule has 1 fully saturated rings. The van der Waals surface area contributed by atoms with Gasteiger partial charge in [-0.1, -0.05) is 19.8 Å². The van der Waals surface area contributed by atoms with Gasteiger partial charge in [-0.05, 0) is 37.5 Å². The molecule has 1 atom stereocenters. The number of carbonyl (C=O) groups is 2. The molecule has 8 heteroatoms. The highest BCUT2D eigenvalue weighted by atomic mass is 32.2. The normalized spacial score (nSPS) is 16.6. The van der Waals surface area contributed by atoms with Gasteiger partial charge in [0.1, 0.15) is 6.10 Å². The first-order valence-corrected chi connectivity index (χ1v) is 10.1. The van der Waals surface area contributed by atoms with Crippen molar-refractivity contribution < 1.29 is 27.9 Å². The number of aromatic carboxylic acids is 1. The van der Waals surface area contributed by atoms with Gasteiger partial charge in [-0.3, -0.25) is 4.79 Å². The first-order chi connectivity index (χ1) is 11.7. The van der Waals surface area contributed by atoms with Gasteiger partial charge in [0.05, 0.1) is 16.6 Å². The quantitative estimate of drug-likeness (QED) is 0.764. The summed E-state index contributed by atoms with van der Waals surface area (Å²) in [5.74, 6) is -1.67. The van der Waals surface area contributed by atoms with Gasteiger partial charge < -0.3 is 15.2 Å². The average molecular weight is 369 g/mol. The van der Waals surface area contributed by atoms with Crippen LogP contribution in [0.5, 0.6) is 0 Å². The first kappa shape index (κ1) is 19.4. The Morgan fingerprint density at radius 3 is 2.44 bits per heavy atom. The van der Waals surface area contributed by atoms with E-state index in [4.69, 9.17) is 9.84 Å². The lowest BCUT2D eigenvalue weighted by Gasteiger charge is -2.20. The molecular formula is C17H23NO6S. The third-order valence-electron chi connectivity index (χ3n) is 4.17. The SMILES string of the molecule is CCC(OC1CCCC1)C(=O)Nc1cc(C(=O)O)cc(S(C)(=O)=O)c1. The number of nitrogens with one attached hydrogen (secondary N) is 1. The zero-order valence-electron chi connectivity index (χ0n) is 14.3. The molecule has 1 aromatic carbocycles. The van der Waals surface area contributed by atoms with Crippen LogP contribution in [0.15, 0.2) is 23.1 Å². The zero-order valence-corrected chi connectivity index (χ0v) is 15.1. The molecule has 1 amide bonds. The number of sulfone groups is 1. The van der Waals surface area contributed by atoms with Crippen molar-refractivity contribution in [1.82, 2.24) is 0 Å². The Bertz CT molecular complexity index is 752. The molecule has 138 valence electrons. The van der Waals surface area contributed by atoms with E-state index in [1.165, 1.54) is 12.1 Å². The molecule has 1 aromatic rings. The zero-order chi connectivity index (χ0) is 18.6. The number of carbonyl (C=O) groups excluding carboxylic acids is 1. The van der Waals surface area contributed by atoms with E-state index in [2.05, 4.69) is 5.32 Å². The second-order valence-corrected chi connectivity index (χ2v) is 8.27. The molecule has 25 heavy (non-hydrogen) atoms.